The van der Waals surface area contributed by atoms with Crippen LogP contribution in [-0.2, 0) is 16.1 Å². The SMILES string of the molecule is CCC1CCCCN1C(=O)C(=O)NCc1ccccc1F. The molecule has 1 heterocycles. The van der Waals surface area contributed by atoms with E-state index in [2.05, 4.69) is 5.32 Å². The highest BCUT2D eigenvalue weighted by Crippen LogP contribution is 2.19. The van der Waals surface area contributed by atoms with E-state index >= 15 is 0 Å². The second-order valence-electron chi connectivity index (χ2n) is 5.33. The van der Waals surface area contributed by atoms with Crippen molar-refractivity contribution in [3.05, 3.63) is 35.6 Å². The summed E-state index contributed by atoms with van der Waals surface area (Å²) in [4.78, 5) is 25.8. The summed E-state index contributed by atoms with van der Waals surface area (Å²) in [7, 11) is 0. The molecule has 0 aromatic heterocycles. The zero-order chi connectivity index (χ0) is 15.2. The molecule has 21 heavy (non-hydrogen) atoms. The Balaban J connectivity index is 1.93. The van der Waals surface area contributed by atoms with Crippen LogP contribution < -0.4 is 5.32 Å². The molecule has 0 spiro atoms. The van der Waals surface area contributed by atoms with Crippen molar-refractivity contribution >= 4 is 11.8 Å². The Labute approximate surface area is 124 Å². The van der Waals surface area contributed by atoms with Crippen molar-refractivity contribution in [1.82, 2.24) is 10.2 Å². The molecule has 0 bridgehead atoms. The van der Waals surface area contributed by atoms with Crippen LogP contribution in [0.3, 0.4) is 0 Å². The molecule has 4 nitrogen and oxygen atoms in total. The summed E-state index contributed by atoms with van der Waals surface area (Å²) < 4.78 is 13.5. The summed E-state index contributed by atoms with van der Waals surface area (Å²) in [5.74, 6) is -1.54. The van der Waals surface area contributed by atoms with Gasteiger partial charge in [-0.15, -0.1) is 0 Å². The summed E-state index contributed by atoms with van der Waals surface area (Å²) in [6, 6.07) is 6.36. The molecule has 1 aliphatic heterocycles. The highest BCUT2D eigenvalue weighted by molar-refractivity contribution is 6.35. The fourth-order valence-corrected chi connectivity index (χ4v) is 2.72. The molecule has 0 radical (unpaired) electrons. The van der Waals surface area contributed by atoms with E-state index in [9.17, 15) is 14.0 Å². The van der Waals surface area contributed by atoms with Crippen LogP contribution in [0.15, 0.2) is 24.3 Å². The van der Waals surface area contributed by atoms with Crippen molar-refractivity contribution in [1.29, 1.82) is 0 Å². The zero-order valence-electron chi connectivity index (χ0n) is 12.3. The van der Waals surface area contributed by atoms with Crippen LogP contribution in [-0.4, -0.2) is 29.3 Å². The van der Waals surface area contributed by atoms with Crippen LogP contribution in [0.5, 0.6) is 0 Å². The number of amides is 2. The molecule has 2 rings (SSSR count). The molecule has 1 fully saturated rings. The van der Waals surface area contributed by atoms with E-state index in [4.69, 9.17) is 0 Å². The number of nitrogens with zero attached hydrogens (tertiary/aromatic N) is 1. The fraction of sp³-hybridized carbons (Fsp3) is 0.500. The zero-order valence-corrected chi connectivity index (χ0v) is 12.3. The van der Waals surface area contributed by atoms with Gasteiger partial charge in [-0.3, -0.25) is 9.59 Å². The Kier molecular flexibility index (Phi) is 5.31. The highest BCUT2D eigenvalue weighted by atomic mass is 19.1. The minimum atomic E-state index is -0.654. The van der Waals surface area contributed by atoms with Gasteiger partial charge in [-0.1, -0.05) is 25.1 Å². The van der Waals surface area contributed by atoms with E-state index < -0.39 is 11.8 Å². The number of benzene rings is 1. The van der Waals surface area contributed by atoms with E-state index in [1.807, 2.05) is 6.92 Å². The van der Waals surface area contributed by atoms with Crippen molar-refractivity contribution in [3.63, 3.8) is 0 Å². The van der Waals surface area contributed by atoms with Crippen LogP contribution in [0.1, 0.15) is 38.2 Å². The number of hydrogen-bond donors (Lipinski definition) is 1. The number of rotatable bonds is 3. The van der Waals surface area contributed by atoms with Crippen LogP contribution >= 0.6 is 0 Å². The molecular weight excluding hydrogens is 271 g/mol. The smallest absolute Gasteiger partial charge is 0.312 e. The van der Waals surface area contributed by atoms with E-state index in [1.54, 1.807) is 23.1 Å². The van der Waals surface area contributed by atoms with Crippen LogP contribution in [0.4, 0.5) is 4.39 Å². The maximum Gasteiger partial charge on any atom is 0.312 e. The quantitative estimate of drug-likeness (QED) is 0.869. The summed E-state index contributed by atoms with van der Waals surface area (Å²) >= 11 is 0. The van der Waals surface area contributed by atoms with Crippen molar-refractivity contribution in [2.24, 2.45) is 0 Å². The molecule has 1 aromatic carbocycles. The molecule has 0 aliphatic carbocycles. The first-order valence-corrected chi connectivity index (χ1v) is 7.45. The molecule has 5 heteroatoms. The second-order valence-corrected chi connectivity index (χ2v) is 5.33. The van der Waals surface area contributed by atoms with Crippen LogP contribution in [0.2, 0.25) is 0 Å². The predicted octanol–water partition coefficient (Wildman–Crippen LogP) is 2.23. The molecule has 1 atom stereocenters. The predicted molar refractivity (Wildman–Crippen MR) is 77.9 cm³/mol. The lowest BCUT2D eigenvalue weighted by molar-refractivity contribution is -0.148. The number of nitrogens with one attached hydrogen (secondary N) is 1. The molecule has 114 valence electrons. The second kappa shape index (κ2) is 7.20. The molecule has 1 aliphatic rings. The summed E-state index contributed by atoms with van der Waals surface area (Å²) in [6.45, 7) is 2.68. The number of piperidine rings is 1. The fourth-order valence-electron chi connectivity index (χ4n) is 2.72. The van der Waals surface area contributed by atoms with Gasteiger partial charge in [0.15, 0.2) is 0 Å². The van der Waals surface area contributed by atoms with Crippen LogP contribution in [0, 0.1) is 5.82 Å². The maximum atomic E-state index is 13.5. The molecule has 2 amide bonds. The summed E-state index contributed by atoms with van der Waals surface area (Å²) in [6.07, 6.45) is 3.83. The number of carbonyl (C=O) groups excluding carboxylic acids is 2. The Morgan fingerprint density at radius 2 is 2.10 bits per heavy atom. The molecule has 1 saturated heterocycles. The van der Waals surface area contributed by atoms with Gasteiger partial charge in [-0.05, 0) is 31.7 Å². The number of carbonyl (C=O) groups is 2. The molecular formula is C16H21FN2O2. The van der Waals surface area contributed by atoms with Gasteiger partial charge in [0.05, 0.1) is 0 Å². The van der Waals surface area contributed by atoms with Gasteiger partial charge in [0.2, 0.25) is 0 Å². The minimum absolute atomic E-state index is 0.0296. The first kappa shape index (κ1) is 15.5. The average Bonchev–Trinajstić information content (AvgIpc) is 2.53. The van der Waals surface area contributed by atoms with Gasteiger partial charge in [0.25, 0.3) is 0 Å². The average molecular weight is 292 g/mol. The Bertz CT molecular complexity index is 519. The maximum absolute atomic E-state index is 13.5. The Morgan fingerprint density at radius 1 is 1.33 bits per heavy atom. The number of halogens is 1. The molecule has 1 unspecified atom stereocenters. The van der Waals surface area contributed by atoms with Crippen molar-refractivity contribution < 1.29 is 14.0 Å². The summed E-state index contributed by atoms with van der Waals surface area (Å²) in [5, 5.41) is 2.51. The van der Waals surface area contributed by atoms with E-state index in [1.165, 1.54) is 6.07 Å². The van der Waals surface area contributed by atoms with Gasteiger partial charge in [-0.2, -0.15) is 0 Å². The van der Waals surface area contributed by atoms with E-state index in [-0.39, 0.29) is 18.4 Å². The third kappa shape index (κ3) is 3.80. The largest absolute Gasteiger partial charge is 0.344 e. The molecule has 1 N–H and O–H groups in total. The monoisotopic (exact) mass is 292 g/mol. The number of likely N-dealkylation sites (tertiary alicyclic amines) is 1. The van der Waals surface area contributed by atoms with E-state index in [0.29, 0.717) is 12.1 Å². The van der Waals surface area contributed by atoms with Crippen molar-refractivity contribution in [3.8, 4) is 0 Å². The van der Waals surface area contributed by atoms with Crippen LogP contribution in [0.25, 0.3) is 0 Å². The third-order valence-corrected chi connectivity index (χ3v) is 3.95. The summed E-state index contributed by atoms with van der Waals surface area (Å²) in [5.41, 5.74) is 0.379. The third-order valence-electron chi connectivity index (χ3n) is 3.95. The van der Waals surface area contributed by atoms with Gasteiger partial charge in [0, 0.05) is 24.7 Å². The van der Waals surface area contributed by atoms with Gasteiger partial charge in [-0.25, -0.2) is 4.39 Å². The first-order valence-electron chi connectivity index (χ1n) is 7.45. The lowest BCUT2D eigenvalue weighted by atomic mass is 10.00. The lowest BCUT2D eigenvalue weighted by Crippen LogP contribution is -2.49. The lowest BCUT2D eigenvalue weighted by Gasteiger charge is -2.34. The Morgan fingerprint density at radius 3 is 2.81 bits per heavy atom. The van der Waals surface area contributed by atoms with Gasteiger partial charge >= 0.3 is 11.8 Å². The highest BCUT2D eigenvalue weighted by Gasteiger charge is 2.29. The molecule has 0 saturated carbocycles. The first-order chi connectivity index (χ1) is 10.1. The minimum Gasteiger partial charge on any atom is -0.344 e. The topological polar surface area (TPSA) is 49.4 Å². The van der Waals surface area contributed by atoms with Gasteiger partial charge in [0.1, 0.15) is 5.82 Å². The van der Waals surface area contributed by atoms with Gasteiger partial charge < -0.3 is 10.2 Å². The normalized spacial score (nSPS) is 18.4. The Hall–Kier alpha value is -1.91. The molecule has 1 aromatic rings. The number of hydrogen-bond acceptors (Lipinski definition) is 2. The van der Waals surface area contributed by atoms with E-state index in [0.717, 1.165) is 25.7 Å². The standard InChI is InChI=1S/C16H21FN2O2/c1-2-13-8-5-6-10-19(13)16(21)15(20)18-11-12-7-3-4-9-14(12)17/h3-4,7,9,13H,2,5-6,8,10-11H2,1H3,(H,18,20). The van der Waals surface area contributed by atoms with Crippen molar-refractivity contribution in [2.75, 3.05) is 6.54 Å². The van der Waals surface area contributed by atoms with Crippen molar-refractivity contribution in [2.45, 2.75) is 45.2 Å².